The maximum atomic E-state index is 13.0. The van der Waals surface area contributed by atoms with Gasteiger partial charge in [-0.3, -0.25) is 4.79 Å². The molecule has 0 aromatic heterocycles. The summed E-state index contributed by atoms with van der Waals surface area (Å²) in [5.41, 5.74) is 0.532. The standard InChI is InChI=1S/C20H29NO3/c22-18(16-7-3-1-4-8-16)15-21-19(23)20(11-13-24-14-12-20)17-9-5-2-6-10-17/h2,5-6,9-10,16,18,22H,1,3-4,7-8,11-15H2,(H,21,23)/t18-/m1/s1. The molecule has 1 aliphatic heterocycles. The first-order valence-electron chi connectivity index (χ1n) is 9.32. The van der Waals surface area contributed by atoms with Crippen LogP contribution < -0.4 is 5.32 Å². The molecule has 0 spiro atoms. The van der Waals surface area contributed by atoms with Crippen LogP contribution in [0.1, 0.15) is 50.5 Å². The Morgan fingerprint density at radius 3 is 2.50 bits per heavy atom. The van der Waals surface area contributed by atoms with Crippen molar-refractivity contribution in [2.75, 3.05) is 19.8 Å². The summed E-state index contributed by atoms with van der Waals surface area (Å²) in [7, 11) is 0. The van der Waals surface area contributed by atoms with E-state index in [1.165, 1.54) is 19.3 Å². The Hall–Kier alpha value is -1.39. The van der Waals surface area contributed by atoms with Crippen molar-refractivity contribution < 1.29 is 14.6 Å². The van der Waals surface area contributed by atoms with Crippen LogP contribution in [0.25, 0.3) is 0 Å². The highest BCUT2D eigenvalue weighted by Gasteiger charge is 2.41. The molecule has 0 bridgehead atoms. The lowest BCUT2D eigenvalue weighted by molar-refractivity contribution is -0.131. The summed E-state index contributed by atoms with van der Waals surface area (Å²) < 4.78 is 5.49. The fraction of sp³-hybridized carbons (Fsp3) is 0.650. The van der Waals surface area contributed by atoms with E-state index in [0.717, 1.165) is 18.4 Å². The summed E-state index contributed by atoms with van der Waals surface area (Å²) in [6, 6.07) is 10.00. The van der Waals surface area contributed by atoms with Crippen LogP contribution in [0, 0.1) is 5.92 Å². The number of nitrogens with one attached hydrogen (secondary N) is 1. The minimum atomic E-state index is -0.522. The van der Waals surface area contributed by atoms with Crippen LogP contribution in [-0.4, -0.2) is 36.9 Å². The van der Waals surface area contributed by atoms with Crippen molar-refractivity contribution in [3.63, 3.8) is 0 Å². The first-order valence-corrected chi connectivity index (χ1v) is 9.32. The van der Waals surface area contributed by atoms with Gasteiger partial charge in [0.1, 0.15) is 0 Å². The second kappa shape index (κ2) is 8.13. The summed E-state index contributed by atoms with van der Waals surface area (Å²) in [6.45, 7) is 1.57. The van der Waals surface area contributed by atoms with Crippen LogP contribution in [-0.2, 0) is 14.9 Å². The summed E-state index contributed by atoms with van der Waals surface area (Å²) in [5, 5.41) is 13.5. The van der Waals surface area contributed by atoms with Gasteiger partial charge in [-0.2, -0.15) is 0 Å². The molecule has 3 rings (SSSR count). The molecule has 0 radical (unpaired) electrons. The number of carbonyl (C=O) groups excluding carboxylic acids is 1. The first kappa shape index (κ1) is 17.4. The molecular weight excluding hydrogens is 302 g/mol. The molecule has 2 N–H and O–H groups in total. The molecule has 1 aromatic carbocycles. The van der Waals surface area contributed by atoms with Gasteiger partial charge in [0.25, 0.3) is 0 Å². The third-order valence-electron chi connectivity index (χ3n) is 5.77. The molecule has 1 atom stereocenters. The van der Waals surface area contributed by atoms with Crippen molar-refractivity contribution in [3.8, 4) is 0 Å². The number of hydrogen-bond acceptors (Lipinski definition) is 3. The normalized spacial score (nSPS) is 22.7. The Bertz CT molecular complexity index is 519. The quantitative estimate of drug-likeness (QED) is 0.872. The van der Waals surface area contributed by atoms with Crippen molar-refractivity contribution >= 4 is 5.91 Å². The number of hydrogen-bond donors (Lipinski definition) is 2. The Balaban J connectivity index is 1.66. The van der Waals surface area contributed by atoms with E-state index in [1.807, 2.05) is 30.3 Å². The zero-order chi connectivity index (χ0) is 16.8. The smallest absolute Gasteiger partial charge is 0.230 e. The lowest BCUT2D eigenvalue weighted by atomic mass is 9.73. The number of aliphatic hydroxyl groups excluding tert-OH is 1. The Kier molecular flexibility index (Phi) is 5.90. The molecule has 1 amide bonds. The zero-order valence-corrected chi connectivity index (χ0v) is 14.4. The second-order valence-electron chi connectivity index (χ2n) is 7.24. The van der Waals surface area contributed by atoms with Gasteiger partial charge in [0.2, 0.25) is 5.91 Å². The minimum absolute atomic E-state index is 0.0341. The van der Waals surface area contributed by atoms with Crippen LogP contribution in [0.3, 0.4) is 0 Å². The van der Waals surface area contributed by atoms with Gasteiger partial charge in [0.15, 0.2) is 0 Å². The van der Waals surface area contributed by atoms with E-state index in [4.69, 9.17) is 4.74 Å². The fourth-order valence-corrected chi connectivity index (χ4v) is 4.18. The third-order valence-corrected chi connectivity index (χ3v) is 5.77. The molecule has 1 aliphatic carbocycles. The van der Waals surface area contributed by atoms with Gasteiger partial charge >= 0.3 is 0 Å². The second-order valence-corrected chi connectivity index (χ2v) is 7.24. The third kappa shape index (κ3) is 3.81. The predicted molar refractivity (Wildman–Crippen MR) is 93.8 cm³/mol. The molecule has 4 nitrogen and oxygen atoms in total. The molecule has 24 heavy (non-hydrogen) atoms. The maximum Gasteiger partial charge on any atom is 0.230 e. The largest absolute Gasteiger partial charge is 0.391 e. The van der Waals surface area contributed by atoms with E-state index in [1.54, 1.807) is 0 Å². The van der Waals surface area contributed by atoms with Crippen molar-refractivity contribution in [1.82, 2.24) is 5.32 Å². The monoisotopic (exact) mass is 331 g/mol. The summed E-state index contributed by atoms with van der Waals surface area (Å²) in [4.78, 5) is 13.0. The predicted octanol–water partition coefficient (Wildman–Crippen LogP) is 2.79. The summed E-state index contributed by atoms with van der Waals surface area (Å²) >= 11 is 0. The lowest BCUT2D eigenvalue weighted by Crippen LogP contribution is -2.50. The van der Waals surface area contributed by atoms with Crippen LogP contribution in [0.2, 0.25) is 0 Å². The van der Waals surface area contributed by atoms with E-state index in [9.17, 15) is 9.90 Å². The highest BCUT2D eigenvalue weighted by Crippen LogP contribution is 2.35. The number of benzene rings is 1. The van der Waals surface area contributed by atoms with Crippen molar-refractivity contribution in [1.29, 1.82) is 0 Å². The van der Waals surface area contributed by atoms with Crippen LogP contribution in [0.15, 0.2) is 30.3 Å². The van der Waals surface area contributed by atoms with Gasteiger partial charge in [-0.25, -0.2) is 0 Å². The highest BCUT2D eigenvalue weighted by atomic mass is 16.5. The molecule has 132 valence electrons. The average molecular weight is 331 g/mol. The average Bonchev–Trinajstić information content (AvgIpc) is 2.67. The zero-order valence-electron chi connectivity index (χ0n) is 14.4. The number of amides is 1. The highest BCUT2D eigenvalue weighted by molar-refractivity contribution is 5.88. The molecule has 1 aromatic rings. The number of carbonyl (C=O) groups is 1. The lowest BCUT2D eigenvalue weighted by Gasteiger charge is -2.37. The van der Waals surface area contributed by atoms with E-state index in [0.29, 0.717) is 38.5 Å². The van der Waals surface area contributed by atoms with Crippen molar-refractivity contribution in [2.24, 2.45) is 5.92 Å². The van der Waals surface area contributed by atoms with E-state index >= 15 is 0 Å². The molecule has 1 saturated heterocycles. The van der Waals surface area contributed by atoms with Crippen LogP contribution >= 0.6 is 0 Å². The molecular formula is C20H29NO3. The fourth-order valence-electron chi connectivity index (χ4n) is 4.18. The van der Waals surface area contributed by atoms with E-state index in [-0.39, 0.29) is 5.91 Å². The Morgan fingerprint density at radius 1 is 1.17 bits per heavy atom. The number of rotatable bonds is 5. The van der Waals surface area contributed by atoms with Gasteiger partial charge in [0.05, 0.1) is 11.5 Å². The molecule has 2 fully saturated rings. The van der Waals surface area contributed by atoms with E-state index < -0.39 is 11.5 Å². The van der Waals surface area contributed by atoms with Crippen LogP contribution in [0.5, 0.6) is 0 Å². The SMILES string of the molecule is O=C(NC[C@@H](O)C1CCCCC1)C1(c2ccccc2)CCOCC1. The molecule has 1 heterocycles. The van der Waals surface area contributed by atoms with Gasteiger partial charge in [0, 0.05) is 19.8 Å². The maximum absolute atomic E-state index is 13.0. The summed E-state index contributed by atoms with van der Waals surface area (Å²) in [5.74, 6) is 0.369. The van der Waals surface area contributed by atoms with Crippen molar-refractivity contribution in [3.05, 3.63) is 35.9 Å². The number of aliphatic hydroxyl groups is 1. The van der Waals surface area contributed by atoms with Gasteiger partial charge in [-0.05, 0) is 37.2 Å². The van der Waals surface area contributed by atoms with Gasteiger partial charge in [-0.1, -0.05) is 49.6 Å². The Labute approximate surface area is 144 Å². The first-order chi connectivity index (χ1) is 11.7. The van der Waals surface area contributed by atoms with Crippen LogP contribution in [0.4, 0.5) is 0 Å². The molecule has 2 aliphatic rings. The molecule has 0 unspecified atom stereocenters. The van der Waals surface area contributed by atoms with E-state index in [2.05, 4.69) is 5.32 Å². The summed E-state index contributed by atoms with van der Waals surface area (Å²) in [6.07, 6.45) is 6.78. The molecule has 4 heteroatoms. The van der Waals surface area contributed by atoms with Gasteiger partial charge in [-0.15, -0.1) is 0 Å². The Morgan fingerprint density at radius 2 is 1.83 bits per heavy atom. The van der Waals surface area contributed by atoms with Crippen molar-refractivity contribution in [2.45, 2.75) is 56.5 Å². The topological polar surface area (TPSA) is 58.6 Å². The number of ether oxygens (including phenoxy) is 1. The molecule has 1 saturated carbocycles. The minimum Gasteiger partial charge on any atom is -0.391 e. The van der Waals surface area contributed by atoms with Gasteiger partial charge < -0.3 is 15.2 Å².